The second kappa shape index (κ2) is 9.30. The highest BCUT2D eigenvalue weighted by molar-refractivity contribution is 8.32. The molecule has 12 heteroatoms. The molecule has 0 bridgehead atoms. The Morgan fingerprint density at radius 2 is 2.00 bits per heavy atom. The van der Waals surface area contributed by atoms with Crippen LogP contribution in [0.1, 0.15) is 13.3 Å². The maximum absolute atomic E-state index is 12.2. The van der Waals surface area contributed by atoms with Gasteiger partial charge in [-0.25, -0.2) is 28.4 Å². The van der Waals surface area contributed by atoms with Gasteiger partial charge >= 0.3 is 0 Å². The van der Waals surface area contributed by atoms with Crippen molar-refractivity contribution in [2.45, 2.75) is 25.6 Å². The van der Waals surface area contributed by atoms with Gasteiger partial charge in [-0.15, -0.1) is 0 Å². The third-order valence-corrected chi connectivity index (χ3v) is 9.24. The van der Waals surface area contributed by atoms with Crippen molar-refractivity contribution in [1.82, 2.24) is 28.6 Å². The van der Waals surface area contributed by atoms with E-state index in [4.69, 9.17) is 4.74 Å². The average Bonchev–Trinajstić information content (AvgIpc) is 3.40. The van der Waals surface area contributed by atoms with E-state index in [0.717, 1.165) is 28.0 Å². The van der Waals surface area contributed by atoms with Crippen LogP contribution >= 0.6 is 10.0 Å². The molecule has 0 atom stereocenters. The van der Waals surface area contributed by atoms with Gasteiger partial charge in [-0.1, -0.05) is 0 Å². The monoisotopic (exact) mass is 505 g/mol. The van der Waals surface area contributed by atoms with E-state index in [-0.39, 0.29) is 25.3 Å². The van der Waals surface area contributed by atoms with Crippen LogP contribution in [0.5, 0.6) is 0 Å². The first-order valence-electron chi connectivity index (χ1n) is 11.0. The summed E-state index contributed by atoms with van der Waals surface area (Å²) in [6.45, 7) is 3.22. The zero-order valence-electron chi connectivity index (χ0n) is 20.0. The van der Waals surface area contributed by atoms with Crippen LogP contribution < -0.4 is 0 Å². The van der Waals surface area contributed by atoms with E-state index in [1.807, 2.05) is 23.0 Å². The molecule has 1 aliphatic heterocycles. The lowest BCUT2D eigenvalue weighted by Gasteiger charge is -2.47. The predicted molar refractivity (Wildman–Crippen MR) is 134 cm³/mol. The zero-order chi connectivity index (χ0) is 24.6. The van der Waals surface area contributed by atoms with Crippen molar-refractivity contribution >= 4 is 31.1 Å². The average molecular weight is 506 g/mol. The lowest BCUT2D eigenvalue weighted by atomic mass is 9.89. The summed E-state index contributed by atoms with van der Waals surface area (Å²) >= 11 is 0. The fraction of sp³-hybridized carbons (Fsp3) is 0.545. The molecule has 1 fully saturated rings. The number of rotatable bonds is 10. The van der Waals surface area contributed by atoms with Crippen molar-refractivity contribution in [2.24, 2.45) is 0 Å². The summed E-state index contributed by atoms with van der Waals surface area (Å²) in [4.78, 5) is 8.93. The molecule has 0 spiro atoms. The molecule has 4 rings (SSSR count). The highest BCUT2D eigenvalue weighted by atomic mass is 32.3. The van der Waals surface area contributed by atoms with Crippen LogP contribution in [-0.2, 0) is 27.0 Å². The highest BCUT2D eigenvalue weighted by Crippen LogP contribution is 2.36. The number of nitrogens with zero attached hydrogens (tertiary/aromatic N) is 7. The number of hydrogen-bond acceptors (Lipinski definition) is 7. The zero-order valence-corrected chi connectivity index (χ0v) is 21.6. The molecule has 0 amide bonds. The van der Waals surface area contributed by atoms with Crippen LogP contribution in [0.2, 0.25) is 0 Å². The Labute approximate surface area is 201 Å². The van der Waals surface area contributed by atoms with Crippen molar-refractivity contribution < 1.29 is 13.2 Å². The van der Waals surface area contributed by atoms with Gasteiger partial charge in [-0.2, -0.15) is 14.7 Å². The third kappa shape index (κ3) is 4.84. The highest BCUT2D eigenvalue weighted by Gasteiger charge is 2.49. The van der Waals surface area contributed by atoms with Gasteiger partial charge in [0.2, 0.25) is 10.0 Å². The molecule has 4 heterocycles. The molecular weight excluding hydrogens is 474 g/mol. The summed E-state index contributed by atoms with van der Waals surface area (Å²) in [5.41, 5.74) is 1.63. The fourth-order valence-corrected chi connectivity index (χ4v) is 5.85. The van der Waals surface area contributed by atoms with Crippen LogP contribution in [0.15, 0.2) is 31.0 Å². The topological polar surface area (TPSA) is 119 Å². The van der Waals surface area contributed by atoms with Gasteiger partial charge in [0.05, 0.1) is 36.7 Å². The van der Waals surface area contributed by atoms with Crippen LogP contribution in [0, 0.1) is 11.3 Å². The molecule has 0 radical (unpaired) electrons. The molecule has 3 aromatic rings. The second-order valence-corrected chi connectivity index (χ2v) is 16.3. The Morgan fingerprint density at radius 3 is 2.68 bits per heavy atom. The Morgan fingerprint density at radius 1 is 1.24 bits per heavy atom. The number of fused-ring (bicyclic) bond motifs is 1. The van der Waals surface area contributed by atoms with Crippen molar-refractivity contribution in [3.8, 4) is 17.3 Å². The summed E-state index contributed by atoms with van der Waals surface area (Å²) < 4.78 is 35.4. The summed E-state index contributed by atoms with van der Waals surface area (Å²) in [6, 6.07) is 4.15. The SMILES string of the molecule is CCS(=O)(=O)N1CC(CC#N)(n2cc(-c3ncnc4c3ccn4COCCS(C)(C)C)cn2)C1. The van der Waals surface area contributed by atoms with E-state index in [0.29, 0.717) is 13.3 Å². The molecule has 0 aromatic carbocycles. The third-order valence-electron chi connectivity index (χ3n) is 6.08. The normalized spacial score (nSPS) is 16.9. The van der Waals surface area contributed by atoms with E-state index in [2.05, 4.69) is 39.9 Å². The quantitative estimate of drug-likeness (QED) is 0.388. The summed E-state index contributed by atoms with van der Waals surface area (Å²) in [7, 11) is -3.90. The minimum Gasteiger partial charge on any atom is -0.360 e. The predicted octanol–water partition coefficient (Wildman–Crippen LogP) is 2.24. The molecule has 0 aliphatic carbocycles. The lowest BCUT2D eigenvalue weighted by Crippen LogP contribution is -2.64. The number of aromatic nitrogens is 5. The smallest absolute Gasteiger partial charge is 0.213 e. The minimum absolute atomic E-state index is 0.0387. The minimum atomic E-state index is -3.30. The summed E-state index contributed by atoms with van der Waals surface area (Å²) in [5, 5.41) is 14.8. The van der Waals surface area contributed by atoms with Gasteiger partial charge in [0.25, 0.3) is 0 Å². The molecule has 1 aliphatic rings. The fourth-order valence-electron chi connectivity index (χ4n) is 3.99. The standard InChI is InChI=1S/C22H31N7O3S2/c1-5-34(30,31)28-14-22(15-28,7-8-23)29-13-18(12-26-29)20-19-6-9-27(21(19)25-16-24-20)17-32-10-11-33(2,3)4/h6,9,12-13,16H,5,7,10-11,14-15,17H2,1-4H3. The number of sulfonamides is 1. The van der Waals surface area contributed by atoms with E-state index in [9.17, 15) is 13.7 Å². The van der Waals surface area contributed by atoms with Gasteiger partial charge in [-0.05, 0) is 31.8 Å². The number of hydrogen-bond donors (Lipinski definition) is 0. The van der Waals surface area contributed by atoms with Crippen LogP contribution in [-0.4, -0.2) is 87.0 Å². The van der Waals surface area contributed by atoms with E-state index < -0.39 is 25.6 Å². The summed E-state index contributed by atoms with van der Waals surface area (Å²) in [6.07, 6.45) is 14.0. The molecule has 10 nitrogen and oxygen atoms in total. The molecule has 34 heavy (non-hydrogen) atoms. The van der Waals surface area contributed by atoms with Crippen molar-refractivity contribution in [3.05, 3.63) is 31.0 Å². The first-order valence-corrected chi connectivity index (χ1v) is 15.7. The molecule has 184 valence electrons. The van der Waals surface area contributed by atoms with Crippen molar-refractivity contribution in [1.29, 1.82) is 5.26 Å². The lowest BCUT2D eigenvalue weighted by molar-refractivity contribution is 0.0719. The molecule has 3 aromatic heterocycles. The molecule has 0 unspecified atom stereocenters. The van der Waals surface area contributed by atoms with Gasteiger partial charge in [0.15, 0.2) is 0 Å². The van der Waals surface area contributed by atoms with Crippen LogP contribution in [0.25, 0.3) is 22.3 Å². The Kier molecular flexibility index (Phi) is 6.74. The Bertz CT molecular complexity index is 1310. The van der Waals surface area contributed by atoms with Crippen molar-refractivity contribution in [2.75, 3.05) is 50.0 Å². The second-order valence-electron chi connectivity index (χ2n) is 9.48. The van der Waals surface area contributed by atoms with E-state index in [1.165, 1.54) is 10.6 Å². The molecule has 0 N–H and O–H groups in total. The molecule has 1 saturated heterocycles. The van der Waals surface area contributed by atoms with Gasteiger partial charge < -0.3 is 9.30 Å². The van der Waals surface area contributed by atoms with Crippen molar-refractivity contribution in [3.63, 3.8) is 0 Å². The van der Waals surface area contributed by atoms with Gasteiger partial charge in [0.1, 0.15) is 24.2 Å². The first kappa shape index (κ1) is 24.7. The molecule has 0 saturated carbocycles. The maximum atomic E-state index is 12.2. The molecular formula is C22H31N7O3S2. The first-order chi connectivity index (χ1) is 16.1. The number of ether oxygens (including phenoxy) is 1. The van der Waals surface area contributed by atoms with Crippen LogP contribution in [0.4, 0.5) is 0 Å². The largest absolute Gasteiger partial charge is 0.360 e. The number of nitriles is 1. The van der Waals surface area contributed by atoms with Gasteiger partial charge in [-0.3, -0.25) is 4.68 Å². The summed E-state index contributed by atoms with van der Waals surface area (Å²) in [5.74, 6) is 1.09. The van der Waals surface area contributed by atoms with Crippen LogP contribution in [0.3, 0.4) is 0 Å². The van der Waals surface area contributed by atoms with E-state index >= 15 is 0 Å². The Hall–Kier alpha value is -2.46. The van der Waals surface area contributed by atoms with E-state index in [1.54, 1.807) is 17.8 Å². The maximum Gasteiger partial charge on any atom is 0.213 e. The van der Waals surface area contributed by atoms with Gasteiger partial charge in [0, 0.05) is 42.2 Å². The Balaban J connectivity index is 1.55.